The molecule has 0 saturated carbocycles. The summed E-state index contributed by atoms with van der Waals surface area (Å²) in [6.07, 6.45) is 3.88. The number of amides is 1. The Labute approximate surface area is 148 Å². The average Bonchev–Trinajstić information content (AvgIpc) is 3.17. The number of aromatic amines is 1. The van der Waals surface area contributed by atoms with E-state index in [0.717, 1.165) is 18.5 Å². The molecule has 1 aliphatic heterocycles. The lowest BCUT2D eigenvalue weighted by atomic mass is 10.1. The lowest BCUT2D eigenvalue weighted by Gasteiger charge is -2.23. The Morgan fingerprint density at radius 3 is 2.88 bits per heavy atom. The first-order chi connectivity index (χ1) is 12.0. The van der Waals surface area contributed by atoms with Crippen molar-refractivity contribution in [3.8, 4) is 0 Å². The number of nitrogens with zero attached hydrogens (tertiary/aromatic N) is 1. The van der Waals surface area contributed by atoms with Crippen LogP contribution in [0.5, 0.6) is 0 Å². The van der Waals surface area contributed by atoms with Gasteiger partial charge in [0.15, 0.2) is 9.84 Å². The quantitative estimate of drug-likeness (QED) is 0.727. The summed E-state index contributed by atoms with van der Waals surface area (Å²) in [4.78, 5) is 17.1. The van der Waals surface area contributed by atoms with E-state index in [4.69, 9.17) is 0 Å². The summed E-state index contributed by atoms with van der Waals surface area (Å²) < 4.78 is 23.0. The van der Waals surface area contributed by atoms with Crippen LogP contribution in [0.25, 0.3) is 10.9 Å². The lowest BCUT2D eigenvalue weighted by molar-refractivity contribution is -0.131. The normalized spacial score (nSPS) is 19.3. The minimum atomic E-state index is -2.96. The minimum absolute atomic E-state index is 0.00157. The minimum Gasteiger partial charge on any atom is -0.361 e. The molecule has 1 saturated heterocycles. The van der Waals surface area contributed by atoms with E-state index in [0.29, 0.717) is 19.4 Å². The maximum Gasteiger partial charge on any atom is 0.223 e. The van der Waals surface area contributed by atoms with Gasteiger partial charge >= 0.3 is 0 Å². The van der Waals surface area contributed by atoms with E-state index in [2.05, 4.69) is 22.4 Å². The van der Waals surface area contributed by atoms with Crippen molar-refractivity contribution < 1.29 is 13.2 Å². The van der Waals surface area contributed by atoms with E-state index >= 15 is 0 Å². The van der Waals surface area contributed by atoms with E-state index in [1.165, 1.54) is 10.9 Å². The van der Waals surface area contributed by atoms with Crippen LogP contribution in [-0.2, 0) is 21.1 Å². The van der Waals surface area contributed by atoms with E-state index in [1.807, 2.05) is 18.3 Å². The van der Waals surface area contributed by atoms with Crippen molar-refractivity contribution in [1.29, 1.82) is 0 Å². The Kier molecular flexibility index (Phi) is 5.44. The van der Waals surface area contributed by atoms with Gasteiger partial charge in [0.05, 0.1) is 11.5 Å². The van der Waals surface area contributed by atoms with E-state index < -0.39 is 9.84 Å². The van der Waals surface area contributed by atoms with Gasteiger partial charge in [-0.05, 0) is 31.0 Å². The first kappa shape index (κ1) is 17.9. The number of carbonyl (C=O) groups excluding carboxylic acids is 1. The molecular formula is C18H25N3O3S. The fraction of sp³-hybridized carbons (Fsp3) is 0.500. The monoisotopic (exact) mass is 363 g/mol. The van der Waals surface area contributed by atoms with Crippen LogP contribution in [0.4, 0.5) is 0 Å². The van der Waals surface area contributed by atoms with Gasteiger partial charge in [-0.2, -0.15) is 0 Å². The number of nitrogens with one attached hydrogen (secondary N) is 2. The number of rotatable bonds is 7. The fourth-order valence-electron chi connectivity index (χ4n) is 3.34. The van der Waals surface area contributed by atoms with Gasteiger partial charge in [0.2, 0.25) is 5.91 Å². The maximum atomic E-state index is 12.2. The van der Waals surface area contributed by atoms with Crippen molar-refractivity contribution in [3.05, 3.63) is 36.0 Å². The maximum absolute atomic E-state index is 12.2. The lowest BCUT2D eigenvalue weighted by Crippen LogP contribution is -2.39. The zero-order valence-corrected chi connectivity index (χ0v) is 15.3. The average molecular weight is 363 g/mol. The molecule has 1 aromatic heterocycles. The smallest absolute Gasteiger partial charge is 0.223 e. The summed E-state index contributed by atoms with van der Waals surface area (Å²) in [5, 5.41) is 4.54. The number of benzene rings is 1. The van der Waals surface area contributed by atoms with Crippen molar-refractivity contribution in [2.24, 2.45) is 0 Å². The molecule has 25 heavy (non-hydrogen) atoms. The zero-order chi connectivity index (χ0) is 17.9. The SMILES string of the molecule is CN(C(=O)CCNCCc1c[nH]c2ccccc12)C1CCS(=O)(=O)C1. The molecule has 1 aromatic carbocycles. The number of H-pyrrole nitrogens is 1. The molecule has 0 aliphatic carbocycles. The molecule has 1 amide bonds. The predicted octanol–water partition coefficient (Wildman–Crippen LogP) is 1.34. The van der Waals surface area contributed by atoms with Gasteiger partial charge < -0.3 is 15.2 Å². The Bertz CT molecular complexity index is 844. The summed E-state index contributed by atoms with van der Waals surface area (Å²) in [5.41, 5.74) is 2.41. The van der Waals surface area contributed by atoms with Gasteiger partial charge in [-0.15, -0.1) is 0 Å². The molecular weight excluding hydrogens is 338 g/mol. The number of hydrogen-bond donors (Lipinski definition) is 2. The van der Waals surface area contributed by atoms with Crippen LogP contribution >= 0.6 is 0 Å². The Morgan fingerprint density at radius 1 is 1.32 bits per heavy atom. The Hall–Kier alpha value is -1.86. The molecule has 0 radical (unpaired) electrons. The summed E-state index contributed by atoms with van der Waals surface area (Å²) in [6.45, 7) is 1.40. The molecule has 0 bridgehead atoms. The highest BCUT2D eigenvalue weighted by Crippen LogP contribution is 2.18. The van der Waals surface area contributed by atoms with Crippen LogP contribution in [0.15, 0.2) is 30.5 Å². The van der Waals surface area contributed by atoms with Gasteiger partial charge in [-0.3, -0.25) is 4.79 Å². The second kappa shape index (κ2) is 7.58. The summed E-state index contributed by atoms with van der Waals surface area (Å²) >= 11 is 0. The van der Waals surface area contributed by atoms with Gasteiger partial charge in [-0.25, -0.2) is 8.42 Å². The third kappa shape index (κ3) is 4.41. The highest BCUT2D eigenvalue weighted by atomic mass is 32.2. The molecule has 1 unspecified atom stereocenters. The second-order valence-corrected chi connectivity index (χ2v) is 8.90. The summed E-state index contributed by atoms with van der Waals surface area (Å²) in [5.74, 6) is 0.295. The number of carbonyl (C=O) groups is 1. The Morgan fingerprint density at radius 2 is 2.12 bits per heavy atom. The van der Waals surface area contributed by atoms with Crippen LogP contribution in [0.3, 0.4) is 0 Å². The predicted molar refractivity (Wildman–Crippen MR) is 99.3 cm³/mol. The number of fused-ring (bicyclic) bond motifs is 1. The molecule has 3 rings (SSSR count). The standard InChI is InChI=1S/C18H25N3O3S/c1-21(15-8-11-25(23,24)13-15)18(22)7-10-19-9-6-14-12-20-17-5-3-2-4-16(14)17/h2-5,12,15,19-20H,6-11,13H2,1H3. The number of aromatic nitrogens is 1. The number of sulfone groups is 1. The highest BCUT2D eigenvalue weighted by molar-refractivity contribution is 7.91. The summed E-state index contributed by atoms with van der Waals surface area (Å²) in [7, 11) is -1.25. The van der Waals surface area contributed by atoms with Crippen molar-refractivity contribution in [3.63, 3.8) is 0 Å². The third-order valence-corrected chi connectivity index (χ3v) is 6.66. The van der Waals surface area contributed by atoms with Gasteiger partial charge in [0.25, 0.3) is 0 Å². The van der Waals surface area contributed by atoms with Crippen molar-refractivity contribution in [1.82, 2.24) is 15.2 Å². The fourth-order valence-corrected chi connectivity index (χ4v) is 5.12. The van der Waals surface area contributed by atoms with Crippen LogP contribution in [-0.4, -0.2) is 61.9 Å². The molecule has 7 heteroatoms. The van der Waals surface area contributed by atoms with Crippen LogP contribution in [0.2, 0.25) is 0 Å². The van der Waals surface area contributed by atoms with E-state index in [1.54, 1.807) is 11.9 Å². The van der Waals surface area contributed by atoms with Gasteiger partial charge in [-0.1, -0.05) is 18.2 Å². The Balaban J connectivity index is 1.39. The van der Waals surface area contributed by atoms with Crippen LogP contribution in [0.1, 0.15) is 18.4 Å². The number of para-hydroxylation sites is 1. The molecule has 2 heterocycles. The first-order valence-electron chi connectivity index (χ1n) is 8.68. The molecule has 0 spiro atoms. The first-order valence-corrected chi connectivity index (χ1v) is 10.5. The largest absolute Gasteiger partial charge is 0.361 e. The van der Waals surface area contributed by atoms with Crippen molar-refractivity contribution in [2.45, 2.75) is 25.3 Å². The third-order valence-electron chi connectivity index (χ3n) is 4.91. The molecule has 2 aromatic rings. The van der Waals surface area contributed by atoms with Crippen molar-refractivity contribution in [2.75, 3.05) is 31.6 Å². The molecule has 1 fully saturated rings. The van der Waals surface area contributed by atoms with Crippen LogP contribution in [0, 0.1) is 0 Å². The van der Waals surface area contributed by atoms with Gasteiger partial charge in [0.1, 0.15) is 0 Å². The van der Waals surface area contributed by atoms with E-state index in [9.17, 15) is 13.2 Å². The highest BCUT2D eigenvalue weighted by Gasteiger charge is 2.32. The van der Waals surface area contributed by atoms with Crippen LogP contribution < -0.4 is 5.32 Å². The molecule has 1 aliphatic rings. The van der Waals surface area contributed by atoms with Crippen molar-refractivity contribution >= 4 is 26.6 Å². The number of hydrogen-bond acceptors (Lipinski definition) is 4. The molecule has 136 valence electrons. The zero-order valence-electron chi connectivity index (χ0n) is 14.5. The molecule has 2 N–H and O–H groups in total. The summed E-state index contributed by atoms with van der Waals surface area (Å²) in [6, 6.07) is 8.05. The molecule has 1 atom stereocenters. The topological polar surface area (TPSA) is 82.3 Å². The van der Waals surface area contributed by atoms with Gasteiger partial charge in [0, 0.05) is 43.2 Å². The second-order valence-electron chi connectivity index (χ2n) is 6.67. The van der Waals surface area contributed by atoms with E-state index in [-0.39, 0.29) is 23.5 Å². The molecule has 6 nitrogen and oxygen atoms in total.